The maximum Gasteiger partial charge on any atom is 0.255 e. The Hall–Kier alpha value is -0.520. The Kier molecular flexibility index (Phi) is 4.92. The number of carbonyl (C=O) groups excluding carboxylic acids is 1. The zero-order valence-electron chi connectivity index (χ0n) is 11.1. The number of halogens is 1. The molecule has 0 aliphatic carbocycles. The van der Waals surface area contributed by atoms with Gasteiger partial charge in [-0.05, 0) is 46.5 Å². The molecule has 2 rings (SSSR count). The van der Waals surface area contributed by atoms with E-state index in [4.69, 9.17) is 4.74 Å². The minimum absolute atomic E-state index is 0.0386. The average Bonchev–Trinajstić information content (AvgIpc) is 2.41. The van der Waals surface area contributed by atoms with Crippen molar-refractivity contribution in [2.45, 2.75) is 24.3 Å². The second-order valence-corrected chi connectivity index (χ2v) is 6.33. The molecular weight excluding hydrogens is 326 g/mol. The topological polar surface area (TPSA) is 29.5 Å². The van der Waals surface area contributed by atoms with Crippen LogP contribution in [0.15, 0.2) is 27.6 Å². The first-order valence-electron chi connectivity index (χ1n) is 6.33. The Labute approximate surface area is 127 Å². The van der Waals surface area contributed by atoms with Crippen molar-refractivity contribution >= 4 is 34.5 Å². The smallest absolute Gasteiger partial charge is 0.255 e. The molecule has 2 atom stereocenters. The summed E-state index contributed by atoms with van der Waals surface area (Å²) in [5.74, 6) is 0.533. The second kappa shape index (κ2) is 6.29. The van der Waals surface area contributed by atoms with Crippen LogP contribution in [0.3, 0.4) is 0 Å². The van der Waals surface area contributed by atoms with Crippen molar-refractivity contribution in [3.63, 3.8) is 0 Å². The van der Waals surface area contributed by atoms with Crippen LogP contribution in [-0.4, -0.2) is 37.1 Å². The Morgan fingerprint density at radius 2 is 2.26 bits per heavy atom. The van der Waals surface area contributed by atoms with Crippen LogP contribution in [0.4, 0.5) is 0 Å². The van der Waals surface area contributed by atoms with Crippen LogP contribution in [-0.2, 0) is 4.74 Å². The van der Waals surface area contributed by atoms with Gasteiger partial charge in [-0.2, -0.15) is 0 Å². The summed E-state index contributed by atoms with van der Waals surface area (Å²) in [6.07, 6.45) is 1.10. The fourth-order valence-corrected chi connectivity index (χ4v) is 2.99. The van der Waals surface area contributed by atoms with Gasteiger partial charge in [-0.3, -0.25) is 4.79 Å². The molecule has 0 bridgehead atoms. The number of amides is 1. The van der Waals surface area contributed by atoms with E-state index in [1.807, 2.05) is 17.0 Å². The molecule has 1 heterocycles. The Bertz CT molecular complexity index is 481. The zero-order valence-corrected chi connectivity index (χ0v) is 13.6. The quantitative estimate of drug-likeness (QED) is 0.835. The van der Waals surface area contributed by atoms with Crippen molar-refractivity contribution < 1.29 is 9.53 Å². The van der Waals surface area contributed by atoms with Crippen LogP contribution in [0.25, 0.3) is 0 Å². The summed E-state index contributed by atoms with van der Waals surface area (Å²) in [7, 11) is 1.71. The van der Waals surface area contributed by atoms with Gasteiger partial charge in [0, 0.05) is 29.6 Å². The third-order valence-corrected chi connectivity index (χ3v) is 4.63. The standard InChI is InChI=1S/C14H18BrNO2S/c1-9-5-6-16(8-13(9)18-2)14(17)11-7-10(19)3-4-12(11)15/h3-4,7,9,13,19H,5-6,8H2,1-2H3. The average molecular weight is 344 g/mol. The normalized spacial score (nSPS) is 23.5. The third kappa shape index (κ3) is 3.33. The molecule has 5 heteroatoms. The number of carbonyl (C=O) groups is 1. The molecule has 1 aromatic carbocycles. The lowest BCUT2D eigenvalue weighted by atomic mass is 9.95. The number of thiol groups is 1. The number of likely N-dealkylation sites (tertiary alicyclic amines) is 1. The molecule has 0 saturated carbocycles. The van der Waals surface area contributed by atoms with E-state index in [2.05, 4.69) is 35.5 Å². The van der Waals surface area contributed by atoms with E-state index in [1.54, 1.807) is 13.2 Å². The van der Waals surface area contributed by atoms with Gasteiger partial charge in [0.05, 0.1) is 11.7 Å². The number of methoxy groups -OCH3 is 1. The van der Waals surface area contributed by atoms with Crippen molar-refractivity contribution in [3.8, 4) is 0 Å². The first-order chi connectivity index (χ1) is 9.02. The fraction of sp³-hybridized carbons (Fsp3) is 0.500. The molecule has 2 unspecified atom stereocenters. The molecule has 19 heavy (non-hydrogen) atoms. The van der Waals surface area contributed by atoms with Gasteiger partial charge >= 0.3 is 0 Å². The number of piperidine rings is 1. The summed E-state index contributed by atoms with van der Waals surface area (Å²) < 4.78 is 6.26. The van der Waals surface area contributed by atoms with Crippen LogP contribution < -0.4 is 0 Å². The van der Waals surface area contributed by atoms with Crippen molar-refractivity contribution in [1.29, 1.82) is 0 Å². The van der Waals surface area contributed by atoms with Crippen molar-refractivity contribution in [2.24, 2.45) is 5.92 Å². The van der Waals surface area contributed by atoms with E-state index < -0.39 is 0 Å². The SMILES string of the molecule is COC1CN(C(=O)c2cc(S)ccc2Br)CCC1C. The monoisotopic (exact) mass is 343 g/mol. The molecule has 0 N–H and O–H groups in total. The van der Waals surface area contributed by atoms with E-state index in [-0.39, 0.29) is 12.0 Å². The molecule has 1 aliphatic heterocycles. The van der Waals surface area contributed by atoms with Gasteiger partial charge < -0.3 is 9.64 Å². The third-order valence-electron chi connectivity index (χ3n) is 3.66. The summed E-state index contributed by atoms with van der Waals surface area (Å²) in [5, 5.41) is 0. The number of nitrogens with zero attached hydrogens (tertiary/aromatic N) is 1. The number of benzene rings is 1. The summed E-state index contributed by atoms with van der Waals surface area (Å²) in [4.78, 5) is 15.2. The predicted molar refractivity (Wildman–Crippen MR) is 81.9 cm³/mol. The molecule has 1 aliphatic rings. The minimum Gasteiger partial charge on any atom is -0.379 e. The maximum absolute atomic E-state index is 12.5. The first kappa shape index (κ1) is 14.9. The number of hydrogen-bond donors (Lipinski definition) is 1. The van der Waals surface area contributed by atoms with Gasteiger partial charge in [-0.15, -0.1) is 12.6 Å². The van der Waals surface area contributed by atoms with Gasteiger partial charge in [0.15, 0.2) is 0 Å². The fourth-order valence-electron chi connectivity index (χ4n) is 2.37. The Balaban J connectivity index is 2.18. The summed E-state index contributed by atoms with van der Waals surface area (Å²) in [5.41, 5.74) is 0.664. The highest BCUT2D eigenvalue weighted by Crippen LogP contribution is 2.25. The van der Waals surface area contributed by atoms with E-state index in [0.717, 1.165) is 22.3 Å². The van der Waals surface area contributed by atoms with Crippen LogP contribution in [0.2, 0.25) is 0 Å². The van der Waals surface area contributed by atoms with Gasteiger partial charge in [0.25, 0.3) is 5.91 Å². The number of rotatable bonds is 2. The lowest BCUT2D eigenvalue weighted by molar-refractivity contribution is -0.00160. The van der Waals surface area contributed by atoms with Gasteiger partial charge in [0.2, 0.25) is 0 Å². The molecule has 0 spiro atoms. The Morgan fingerprint density at radius 3 is 2.95 bits per heavy atom. The van der Waals surface area contributed by atoms with Crippen LogP contribution in [0.1, 0.15) is 23.7 Å². The van der Waals surface area contributed by atoms with Crippen molar-refractivity contribution in [3.05, 3.63) is 28.2 Å². The zero-order chi connectivity index (χ0) is 14.0. The molecule has 1 fully saturated rings. The molecule has 3 nitrogen and oxygen atoms in total. The largest absolute Gasteiger partial charge is 0.379 e. The van der Waals surface area contributed by atoms with E-state index in [9.17, 15) is 4.79 Å². The lowest BCUT2D eigenvalue weighted by Crippen LogP contribution is -2.46. The number of hydrogen-bond acceptors (Lipinski definition) is 3. The molecule has 104 valence electrons. The first-order valence-corrected chi connectivity index (χ1v) is 7.57. The predicted octanol–water partition coefficient (Wildman–Crippen LogP) is 3.23. The van der Waals surface area contributed by atoms with Crippen LogP contribution in [0, 0.1) is 5.92 Å². The molecular formula is C14H18BrNO2S. The number of ether oxygens (including phenoxy) is 1. The second-order valence-electron chi connectivity index (χ2n) is 4.96. The van der Waals surface area contributed by atoms with Crippen molar-refractivity contribution in [2.75, 3.05) is 20.2 Å². The highest BCUT2D eigenvalue weighted by Gasteiger charge is 2.29. The summed E-state index contributed by atoms with van der Waals surface area (Å²) >= 11 is 7.72. The molecule has 0 radical (unpaired) electrons. The van der Waals surface area contributed by atoms with E-state index >= 15 is 0 Å². The summed E-state index contributed by atoms with van der Waals surface area (Å²) in [6, 6.07) is 5.52. The highest BCUT2D eigenvalue weighted by molar-refractivity contribution is 9.10. The van der Waals surface area contributed by atoms with Gasteiger partial charge in [0.1, 0.15) is 0 Å². The lowest BCUT2D eigenvalue weighted by Gasteiger charge is -2.36. The molecule has 1 aromatic rings. The van der Waals surface area contributed by atoms with Gasteiger partial charge in [-0.1, -0.05) is 6.92 Å². The van der Waals surface area contributed by atoms with Crippen LogP contribution >= 0.6 is 28.6 Å². The van der Waals surface area contributed by atoms with Crippen LogP contribution in [0.5, 0.6) is 0 Å². The summed E-state index contributed by atoms with van der Waals surface area (Å²) in [6.45, 7) is 3.60. The Morgan fingerprint density at radius 1 is 1.53 bits per heavy atom. The van der Waals surface area contributed by atoms with E-state index in [1.165, 1.54) is 0 Å². The van der Waals surface area contributed by atoms with Gasteiger partial charge in [-0.25, -0.2) is 0 Å². The van der Waals surface area contributed by atoms with Crippen molar-refractivity contribution in [1.82, 2.24) is 4.90 Å². The molecule has 1 amide bonds. The van der Waals surface area contributed by atoms with E-state index in [0.29, 0.717) is 18.0 Å². The molecule has 0 aromatic heterocycles. The highest BCUT2D eigenvalue weighted by atomic mass is 79.9. The minimum atomic E-state index is 0.0386. The molecule has 1 saturated heterocycles. The maximum atomic E-state index is 12.5.